The Balaban J connectivity index is 1.84. The lowest BCUT2D eigenvalue weighted by Gasteiger charge is -2.00. The van der Waals surface area contributed by atoms with Crippen LogP contribution in [0.25, 0.3) is 11.7 Å². The van der Waals surface area contributed by atoms with Gasteiger partial charge in [0.2, 0.25) is 0 Å². The molecule has 8 nitrogen and oxygen atoms in total. The fourth-order valence-corrected chi connectivity index (χ4v) is 1.79. The Kier molecular flexibility index (Phi) is 2.75. The topological polar surface area (TPSA) is 109 Å². The number of anilines is 1. The first-order valence-corrected chi connectivity index (χ1v) is 5.82. The van der Waals surface area contributed by atoms with E-state index in [0.717, 1.165) is 12.1 Å². The normalized spacial score (nSPS) is 11.0. The first-order valence-electron chi connectivity index (χ1n) is 5.82. The van der Waals surface area contributed by atoms with Crippen molar-refractivity contribution in [2.45, 2.75) is 19.9 Å². The number of rotatable bonds is 4. The third-order valence-corrected chi connectivity index (χ3v) is 2.69. The Morgan fingerprint density at radius 1 is 1.42 bits per heavy atom. The monoisotopic (exact) mass is 260 g/mol. The van der Waals surface area contributed by atoms with Gasteiger partial charge in [-0.05, 0) is 18.6 Å². The Labute approximate surface area is 108 Å². The summed E-state index contributed by atoms with van der Waals surface area (Å²) in [5.41, 5.74) is 6.57. The zero-order chi connectivity index (χ0) is 13.2. The van der Waals surface area contributed by atoms with Crippen LogP contribution in [0.3, 0.4) is 0 Å². The quantitative estimate of drug-likeness (QED) is 0.748. The molecule has 0 aliphatic rings. The third kappa shape index (κ3) is 2.07. The summed E-state index contributed by atoms with van der Waals surface area (Å²) >= 11 is 0. The summed E-state index contributed by atoms with van der Waals surface area (Å²) in [4.78, 5) is 4.23. The Morgan fingerprint density at radius 2 is 2.32 bits per heavy atom. The van der Waals surface area contributed by atoms with Crippen molar-refractivity contribution in [1.82, 2.24) is 25.1 Å². The molecule has 0 aromatic carbocycles. The van der Waals surface area contributed by atoms with E-state index in [1.54, 1.807) is 23.1 Å². The molecule has 0 atom stereocenters. The summed E-state index contributed by atoms with van der Waals surface area (Å²) in [5, 5.41) is 11.7. The van der Waals surface area contributed by atoms with E-state index in [-0.39, 0.29) is 0 Å². The molecule has 0 unspecified atom stereocenters. The predicted octanol–water partition coefficient (Wildman–Crippen LogP) is 1.11. The van der Waals surface area contributed by atoms with E-state index in [9.17, 15) is 0 Å². The number of nitrogens with two attached hydrogens (primary N) is 1. The number of nitrogen functional groups attached to an aromatic ring is 1. The minimum atomic E-state index is 0.339. The number of hydrogen-bond donors (Lipinski definition) is 1. The molecule has 0 aliphatic carbocycles. The van der Waals surface area contributed by atoms with Gasteiger partial charge in [-0.25, -0.2) is 4.68 Å². The van der Waals surface area contributed by atoms with Crippen LogP contribution in [0.5, 0.6) is 0 Å². The van der Waals surface area contributed by atoms with Crippen LogP contribution in [0.1, 0.15) is 18.4 Å². The van der Waals surface area contributed by atoms with Crippen LogP contribution in [-0.2, 0) is 13.0 Å². The lowest BCUT2D eigenvalue weighted by Crippen LogP contribution is -2.07. The van der Waals surface area contributed by atoms with Gasteiger partial charge in [0.1, 0.15) is 6.54 Å². The zero-order valence-electron chi connectivity index (χ0n) is 10.3. The molecule has 98 valence electrons. The van der Waals surface area contributed by atoms with E-state index in [4.69, 9.17) is 14.7 Å². The SMILES string of the molecule is CCc1c(N)nnn1Cc1noc(-c2ccco2)n1. The first-order chi connectivity index (χ1) is 9.28. The molecular formula is C11H12N6O2. The van der Waals surface area contributed by atoms with Crippen LogP contribution in [0.4, 0.5) is 5.82 Å². The molecule has 3 heterocycles. The third-order valence-electron chi connectivity index (χ3n) is 2.69. The molecule has 0 radical (unpaired) electrons. The molecule has 0 amide bonds. The Morgan fingerprint density at radius 3 is 3.05 bits per heavy atom. The van der Waals surface area contributed by atoms with E-state index >= 15 is 0 Å². The summed E-state index contributed by atoms with van der Waals surface area (Å²) in [6.07, 6.45) is 2.29. The summed E-state index contributed by atoms with van der Waals surface area (Å²) in [7, 11) is 0. The highest BCUT2D eigenvalue weighted by Gasteiger charge is 2.14. The van der Waals surface area contributed by atoms with E-state index < -0.39 is 0 Å². The van der Waals surface area contributed by atoms with E-state index in [0.29, 0.717) is 29.8 Å². The molecule has 0 bridgehead atoms. The van der Waals surface area contributed by atoms with Crippen LogP contribution in [0.2, 0.25) is 0 Å². The van der Waals surface area contributed by atoms with Gasteiger partial charge < -0.3 is 14.7 Å². The van der Waals surface area contributed by atoms with Crippen molar-refractivity contribution in [3.63, 3.8) is 0 Å². The fourth-order valence-electron chi connectivity index (χ4n) is 1.79. The first kappa shape index (κ1) is 11.5. The Hall–Kier alpha value is -2.64. The molecule has 0 spiro atoms. The molecule has 8 heteroatoms. The minimum Gasteiger partial charge on any atom is -0.459 e. The average molecular weight is 260 g/mol. The van der Waals surface area contributed by atoms with Crippen LogP contribution in [0, 0.1) is 0 Å². The predicted molar refractivity (Wildman–Crippen MR) is 64.9 cm³/mol. The van der Waals surface area contributed by atoms with E-state index in [1.165, 1.54) is 0 Å². The summed E-state index contributed by atoms with van der Waals surface area (Å²) in [6, 6.07) is 3.51. The van der Waals surface area contributed by atoms with E-state index in [1.807, 2.05) is 6.92 Å². The lowest BCUT2D eigenvalue weighted by atomic mass is 10.3. The molecule has 3 rings (SSSR count). The molecule has 19 heavy (non-hydrogen) atoms. The molecule has 0 fully saturated rings. The highest BCUT2D eigenvalue weighted by atomic mass is 16.5. The number of hydrogen-bond acceptors (Lipinski definition) is 7. The summed E-state index contributed by atoms with van der Waals surface area (Å²) in [6.45, 7) is 2.34. The van der Waals surface area contributed by atoms with Gasteiger partial charge >= 0.3 is 0 Å². The van der Waals surface area contributed by atoms with Crippen LogP contribution in [0.15, 0.2) is 27.3 Å². The highest BCUT2D eigenvalue weighted by Crippen LogP contribution is 2.17. The minimum absolute atomic E-state index is 0.339. The molecule has 0 saturated carbocycles. The van der Waals surface area contributed by atoms with Gasteiger partial charge in [0.25, 0.3) is 5.89 Å². The summed E-state index contributed by atoms with van der Waals surface area (Å²) < 4.78 is 12.0. The molecule has 0 saturated heterocycles. The van der Waals surface area contributed by atoms with E-state index in [2.05, 4.69) is 20.5 Å². The van der Waals surface area contributed by atoms with Gasteiger partial charge in [0, 0.05) is 0 Å². The second-order valence-electron chi connectivity index (χ2n) is 3.93. The van der Waals surface area contributed by atoms with Crippen molar-refractivity contribution in [3.05, 3.63) is 29.9 Å². The maximum atomic E-state index is 5.71. The van der Waals surface area contributed by atoms with Crippen molar-refractivity contribution in [2.24, 2.45) is 0 Å². The van der Waals surface area contributed by atoms with Crippen molar-refractivity contribution in [3.8, 4) is 11.7 Å². The smallest absolute Gasteiger partial charge is 0.293 e. The van der Waals surface area contributed by atoms with Gasteiger partial charge in [-0.15, -0.1) is 5.10 Å². The van der Waals surface area contributed by atoms with Gasteiger partial charge in [0.05, 0.1) is 12.0 Å². The van der Waals surface area contributed by atoms with Gasteiger partial charge in [-0.3, -0.25) is 0 Å². The average Bonchev–Trinajstić information content (AvgIpc) is 3.11. The molecular weight excluding hydrogens is 248 g/mol. The molecule has 0 aliphatic heterocycles. The molecule has 3 aromatic rings. The van der Waals surface area contributed by atoms with Crippen molar-refractivity contribution < 1.29 is 8.94 Å². The zero-order valence-corrected chi connectivity index (χ0v) is 10.3. The fraction of sp³-hybridized carbons (Fsp3) is 0.273. The molecule has 3 aromatic heterocycles. The maximum Gasteiger partial charge on any atom is 0.293 e. The Bertz CT molecular complexity index is 669. The highest BCUT2D eigenvalue weighted by molar-refractivity contribution is 5.42. The van der Waals surface area contributed by atoms with Crippen molar-refractivity contribution in [2.75, 3.05) is 5.73 Å². The standard InChI is InChI=1S/C11H12N6O2/c1-2-7-10(12)14-16-17(7)6-9-13-11(19-15-9)8-4-3-5-18-8/h3-5H,2,6,12H2,1H3. The van der Waals surface area contributed by atoms with Gasteiger partial charge in [-0.1, -0.05) is 17.3 Å². The number of furan rings is 1. The number of aromatic nitrogens is 5. The van der Waals surface area contributed by atoms with Gasteiger partial charge in [-0.2, -0.15) is 4.98 Å². The second-order valence-corrected chi connectivity index (χ2v) is 3.93. The van der Waals surface area contributed by atoms with Crippen molar-refractivity contribution >= 4 is 5.82 Å². The van der Waals surface area contributed by atoms with Crippen molar-refractivity contribution in [1.29, 1.82) is 0 Å². The van der Waals surface area contributed by atoms with Crippen LogP contribution >= 0.6 is 0 Å². The largest absolute Gasteiger partial charge is 0.459 e. The lowest BCUT2D eigenvalue weighted by molar-refractivity contribution is 0.405. The van der Waals surface area contributed by atoms with Crippen LogP contribution < -0.4 is 5.73 Å². The summed E-state index contributed by atoms with van der Waals surface area (Å²) in [5.74, 6) is 1.79. The van der Waals surface area contributed by atoms with Gasteiger partial charge in [0.15, 0.2) is 17.4 Å². The van der Waals surface area contributed by atoms with Crippen LogP contribution in [-0.4, -0.2) is 25.1 Å². The molecule has 2 N–H and O–H groups in total. The number of nitrogens with zero attached hydrogens (tertiary/aromatic N) is 5. The second kappa shape index (κ2) is 4.56. The maximum absolute atomic E-state index is 5.71.